The van der Waals surface area contributed by atoms with Gasteiger partial charge >= 0.3 is 0 Å². The largest absolute Gasteiger partial charge is 0.493 e. The molecule has 0 spiro atoms. The Morgan fingerprint density at radius 3 is 2.53 bits per heavy atom. The molecule has 9 nitrogen and oxygen atoms in total. The molecule has 4 rings (SSSR count). The predicted octanol–water partition coefficient (Wildman–Crippen LogP) is 4.46. The molecule has 2 aromatic carbocycles. The number of thiazole rings is 1. The Bertz CT molecular complexity index is 1260. The molecule has 0 fully saturated rings. The number of nitro benzene ring substituents is 1. The van der Waals surface area contributed by atoms with E-state index in [0.29, 0.717) is 5.13 Å². The van der Waals surface area contributed by atoms with Gasteiger partial charge in [0.2, 0.25) is 0 Å². The smallest absolute Gasteiger partial charge is 0.286 e. The monoisotopic (exact) mass is 450 g/mol. The van der Waals surface area contributed by atoms with Crippen molar-refractivity contribution in [2.45, 2.75) is 6.54 Å². The Morgan fingerprint density at radius 1 is 1.12 bits per heavy atom. The van der Waals surface area contributed by atoms with Crippen molar-refractivity contribution in [1.29, 1.82) is 0 Å². The molecule has 2 aromatic heterocycles. The van der Waals surface area contributed by atoms with Crippen molar-refractivity contribution >= 4 is 38.3 Å². The van der Waals surface area contributed by atoms with Crippen molar-refractivity contribution in [3.05, 3.63) is 82.2 Å². The van der Waals surface area contributed by atoms with E-state index >= 15 is 0 Å². The second kappa shape index (κ2) is 8.98. The normalized spacial score (nSPS) is 10.7. The lowest BCUT2D eigenvalue weighted by Gasteiger charge is -2.20. The van der Waals surface area contributed by atoms with E-state index in [2.05, 4.69) is 9.97 Å². The highest BCUT2D eigenvalue weighted by Gasteiger charge is 2.30. The van der Waals surface area contributed by atoms with Crippen LogP contribution in [0.2, 0.25) is 0 Å². The topological polar surface area (TPSA) is 108 Å². The molecular formula is C22H18N4O5S. The molecule has 4 aromatic rings. The van der Waals surface area contributed by atoms with Crippen LogP contribution in [0.3, 0.4) is 0 Å². The lowest BCUT2D eigenvalue weighted by molar-refractivity contribution is -0.385. The van der Waals surface area contributed by atoms with E-state index in [9.17, 15) is 14.9 Å². The number of fused-ring (bicyclic) bond motifs is 1. The highest BCUT2D eigenvalue weighted by atomic mass is 32.1. The maximum Gasteiger partial charge on any atom is 0.286 e. The van der Waals surface area contributed by atoms with Crippen LogP contribution in [-0.2, 0) is 6.54 Å². The Labute approximate surface area is 187 Å². The van der Waals surface area contributed by atoms with Crippen LogP contribution >= 0.6 is 11.3 Å². The van der Waals surface area contributed by atoms with Crippen LogP contribution in [0.5, 0.6) is 11.5 Å². The highest BCUT2D eigenvalue weighted by molar-refractivity contribution is 7.22. The second-order valence-electron chi connectivity index (χ2n) is 6.70. The van der Waals surface area contributed by atoms with Crippen LogP contribution < -0.4 is 14.4 Å². The minimum absolute atomic E-state index is 0.129. The van der Waals surface area contributed by atoms with Gasteiger partial charge < -0.3 is 9.47 Å². The van der Waals surface area contributed by atoms with Gasteiger partial charge in [0.25, 0.3) is 11.6 Å². The van der Waals surface area contributed by atoms with Gasteiger partial charge in [-0.15, -0.1) is 0 Å². The number of amides is 1. The van der Waals surface area contributed by atoms with Crippen molar-refractivity contribution in [3.8, 4) is 11.5 Å². The number of para-hydroxylation sites is 1. The molecule has 0 aliphatic heterocycles. The standard InChI is InChI=1S/C22H18N4O5S/c1-30-18-10-15(17(26(28)29)11-19(18)31-2)21(27)25(13-14-6-5-9-23-12-14)22-24-16-7-3-4-8-20(16)32-22/h3-12H,13H2,1-2H3. The van der Waals surface area contributed by atoms with Gasteiger partial charge in [0.1, 0.15) is 5.56 Å². The Kier molecular flexibility index (Phi) is 5.95. The van der Waals surface area contributed by atoms with Crippen molar-refractivity contribution in [3.63, 3.8) is 0 Å². The summed E-state index contributed by atoms with van der Waals surface area (Å²) in [5.41, 5.74) is 0.974. The Hall–Kier alpha value is -4.05. The summed E-state index contributed by atoms with van der Waals surface area (Å²) in [6.07, 6.45) is 3.27. The number of nitro groups is 1. The summed E-state index contributed by atoms with van der Waals surface area (Å²) < 4.78 is 11.3. The van der Waals surface area contributed by atoms with E-state index in [-0.39, 0.29) is 29.3 Å². The van der Waals surface area contributed by atoms with Crippen LogP contribution in [0.25, 0.3) is 10.2 Å². The Balaban J connectivity index is 1.85. The molecule has 162 valence electrons. The first kappa shape index (κ1) is 21.2. The molecule has 0 bridgehead atoms. The molecule has 0 aliphatic carbocycles. The summed E-state index contributed by atoms with van der Waals surface area (Å²) in [5.74, 6) is -0.206. The van der Waals surface area contributed by atoms with Gasteiger partial charge in [0.05, 0.1) is 42.0 Å². The molecule has 10 heteroatoms. The lowest BCUT2D eigenvalue weighted by atomic mass is 10.1. The first-order valence-electron chi connectivity index (χ1n) is 9.48. The van der Waals surface area contributed by atoms with E-state index in [4.69, 9.17) is 9.47 Å². The summed E-state index contributed by atoms with van der Waals surface area (Å²) >= 11 is 1.33. The number of methoxy groups -OCH3 is 2. The van der Waals surface area contributed by atoms with Gasteiger partial charge in [-0.25, -0.2) is 4.98 Å². The van der Waals surface area contributed by atoms with Crippen LogP contribution in [0, 0.1) is 10.1 Å². The number of aromatic nitrogens is 2. The average Bonchev–Trinajstić information content (AvgIpc) is 3.25. The third-order valence-electron chi connectivity index (χ3n) is 4.75. The molecule has 0 radical (unpaired) electrons. The highest BCUT2D eigenvalue weighted by Crippen LogP contribution is 2.37. The molecule has 1 amide bonds. The van der Waals surface area contributed by atoms with Gasteiger partial charge in [-0.3, -0.25) is 24.8 Å². The minimum atomic E-state index is -0.615. The fraction of sp³-hybridized carbons (Fsp3) is 0.136. The maximum absolute atomic E-state index is 13.7. The van der Waals surface area contributed by atoms with Crippen molar-refractivity contribution in [2.24, 2.45) is 0 Å². The lowest BCUT2D eigenvalue weighted by Crippen LogP contribution is -2.31. The summed E-state index contributed by atoms with van der Waals surface area (Å²) in [6, 6.07) is 13.6. The summed E-state index contributed by atoms with van der Waals surface area (Å²) in [6.45, 7) is 0.137. The average molecular weight is 450 g/mol. The predicted molar refractivity (Wildman–Crippen MR) is 121 cm³/mol. The molecule has 2 heterocycles. The van der Waals surface area contributed by atoms with E-state index in [1.165, 1.54) is 42.6 Å². The number of anilines is 1. The second-order valence-corrected chi connectivity index (χ2v) is 7.71. The van der Waals surface area contributed by atoms with Gasteiger partial charge in [0, 0.05) is 18.5 Å². The van der Waals surface area contributed by atoms with E-state index in [1.54, 1.807) is 18.5 Å². The number of pyridine rings is 1. The van der Waals surface area contributed by atoms with Gasteiger partial charge in [0.15, 0.2) is 16.6 Å². The van der Waals surface area contributed by atoms with Crippen molar-refractivity contribution in [2.75, 3.05) is 19.1 Å². The number of nitrogens with zero attached hydrogens (tertiary/aromatic N) is 4. The van der Waals surface area contributed by atoms with Crippen LogP contribution in [0.4, 0.5) is 10.8 Å². The summed E-state index contributed by atoms with van der Waals surface area (Å²) in [4.78, 5) is 34.9. The Morgan fingerprint density at radius 2 is 1.88 bits per heavy atom. The van der Waals surface area contributed by atoms with Gasteiger partial charge in [-0.1, -0.05) is 29.5 Å². The number of hydrogen-bond acceptors (Lipinski definition) is 8. The van der Waals surface area contributed by atoms with Gasteiger partial charge in [-0.2, -0.15) is 0 Å². The van der Waals surface area contributed by atoms with Crippen LogP contribution in [-0.4, -0.2) is 35.0 Å². The zero-order valence-corrected chi connectivity index (χ0v) is 18.0. The first-order valence-corrected chi connectivity index (χ1v) is 10.3. The van der Waals surface area contributed by atoms with Crippen molar-refractivity contribution < 1.29 is 19.2 Å². The molecule has 0 atom stereocenters. The zero-order valence-electron chi connectivity index (χ0n) is 17.2. The van der Waals surface area contributed by atoms with Gasteiger partial charge in [-0.05, 0) is 23.8 Å². The van der Waals surface area contributed by atoms with Crippen LogP contribution in [0.15, 0.2) is 60.9 Å². The van der Waals surface area contributed by atoms with Crippen LogP contribution in [0.1, 0.15) is 15.9 Å². The minimum Gasteiger partial charge on any atom is -0.493 e. The third kappa shape index (κ3) is 4.08. The number of hydrogen-bond donors (Lipinski definition) is 0. The third-order valence-corrected chi connectivity index (χ3v) is 5.81. The fourth-order valence-corrected chi connectivity index (χ4v) is 4.18. The molecule has 0 saturated carbocycles. The van der Waals surface area contributed by atoms with E-state index < -0.39 is 10.8 Å². The fourth-order valence-electron chi connectivity index (χ4n) is 3.21. The molecule has 0 N–H and O–H groups in total. The number of benzene rings is 2. The van der Waals surface area contributed by atoms with E-state index in [1.807, 2.05) is 30.3 Å². The molecule has 0 unspecified atom stereocenters. The molecule has 0 aliphatic rings. The first-order chi connectivity index (χ1) is 15.5. The number of carbonyl (C=O) groups is 1. The van der Waals surface area contributed by atoms with Crippen molar-refractivity contribution in [1.82, 2.24) is 9.97 Å². The number of ether oxygens (including phenoxy) is 2. The molecule has 0 saturated heterocycles. The summed E-state index contributed by atoms with van der Waals surface area (Å²) in [7, 11) is 2.78. The SMILES string of the molecule is COc1cc(C(=O)N(Cc2cccnc2)c2nc3ccccc3s2)c([N+](=O)[O-])cc1OC. The zero-order chi connectivity index (χ0) is 22.7. The molecular weight excluding hydrogens is 432 g/mol. The quantitative estimate of drug-likeness (QED) is 0.302. The number of rotatable bonds is 7. The molecule has 32 heavy (non-hydrogen) atoms. The maximum atomic E-state index is 13.7. The number of carbonyl (C=O) groups excluding carboxylic acids is 1. The van der Waals surface area contributed by atoms with E-state index in [0.717, 1.165) is 15.8 Å². The summed E-state index contributed by atoms with van der Waals surface area (Å²) in [5, 5.41) is 12.2.